The van der Waals surface area contributed by atoms with Gasteiger partial charge in [-0.25, -0.2) is 0 Å². The van der Waals surface area contributed by atoms with Gasteiger partial charge in [-0.2, -0.15) is 0 Å². The molecule has 0 aromatic carbocycles. The molecule has 1 heterocycles. The van der Waals surface area contributed by atoms with Crippen LogP contribution < -0.4 is 5.73 Å². The van der Waals surface area contributed by atoms with Crippen molar-refractivity contribution in [2.45, 2.75) is 32.9 Å². The van der Waals surface area contributed by atoms with Gasteiger partial charge in [0.1, 0.15) is 5.76 Å². The third kappa shape index (κ3) is 3.40. The van der Waals surface area contributed by atoms with Gasteiger partial charge in [-0.15, -0.1) is 0 Å². The molecule has 1 amide bonds. The van der Waals surface area contributed by atoms with Crippen LogP contribution in [0.3, 0.4) is 0 Å². The first-order valence-corrected chi connectivity index (χ1v) is 5.17. The van der Waals surface area contributed by atoms with E-state index in [0.717, 1.165) is 5.76 Å². The van der Waals surface area contributed by atoms with Gasteiger partial charge in [0.25, 0.3) is 0 Å². The standard InChI is InChI=1S/C11H18N2O2/c1-9(2)13(11(14)5-6-12)8-10-4-3-7-15-10/h3-4,7,9H,5-6,8,12H2,1-2H3. The van der Waals surface area contributed by atoms with E-state index in [2.05, 4.69) is 0 Å². The third-order valence-corrected chi connectivity index (χ3v) is 2.21. The first-order valence-electron chi connectivity index (χ1n) is 5.17. The summed E-state index contributed by atoms with van der Waals surface area (Å²) in [6.45, 7) is 4.87. The Labute approximate surface area is 90.0 Å². The Morgan fingerprint density at radius 1 is 1.60 bits per heavy atom. The Hall–Kier alpha value is -1.29. The fourth-order valence-electron chi connectivity index (χ4n) is 1.40. The smallest absolute Gasteiger partial charge is 0.224 e. The molecule has 0 fully saturated rings. The van der Waals surface area contributed by atoms with Gasteiger partial charge >= 0.3 is 0 Å². The molecule has 0 aliphatic rings. The molecule has 0 atom stereocenters. The lowest BCUT2D eigenvalue weighted by Gasteiger charge is -2.25. The molecule has 2 N–H and O–H groups in total. The molecule has 0 radical (unpaired) electrons. The van der Waals surface area contributed by atoms with Crippen molar-refractivity contribution in [2.24, 2.45) is 5.73 Å². The minimum absolute atomic E-state index is 0.0731. The first kappa shape index (κ1) is 11.8. The summed E-state index contributed by atoms with van der Waals surface area (Å²) in [5, 5.41) is 0. The van der Waals surface area contributed by atoms with Gasteiger partial charge in [-0.3, -0.25) is 4.79 Å². The quantitative estimate of drug-likeness (QED) is 0.798. The molecule has 0 saturated carbocycles. The second-order valence-electron chi connectivity index (χ2n) is 3.73. The number of hydrogen-bond donors (Lipinski definition) is 1. The summed E-state index contributed by atoms with van der Waals surface area (Å²) < 4.78 is 5.22. The summed E-state index contributed by atoms with van der Waals surface area (Å²) in [6, 6.07) is 3.85. The van der Waals surface area contributed by atoms with Crippen LogP contribution in [0.1, 0.15) is 26.0 Å². The van der Waals surface area contributed by atoms with E-state index in [1.165, 1.54) is 0 Å². The highest BCUT2D eigenvalue weighted by Crippen LogP contribution is 2.10. The van der Waals surface area contributed by atoms with Gasteiger partial charge < -0.3 is 15.1 Å². The van der Waals surface area contributed by atoms with Gasteiger partial charge in [0, 0.05) is 19.0 Å². The lowest BCUT2D eigenvalue weighted by atomic mass is 10.2. The van der Waals surface area contributed by atoms with Crippen LogP contribution in [0, 0.1) is 0 Å². The fourth-order valence-corrected chi connectivity index (χ4v) is 1.40. The molecule has 0 bridgehead atoms. The maximum Gasteiger partial charge on any atom is 0.224 e. The summed E-state index contributed by atoms with van der Waals surface area (Å²) in [5.74, 6) is 0.873. The van der Waals surface area contributed by atoms with Gasteiger partial charge in [-0.05, 0) is 26.0 Å². The molecule has 1 aromatic heterocycles. The number of rotatable bonds is 5. The van der Waals surface area contributed by atoms with E-state index in [-0.39, 0.29) is 11.9 Å². The molecule has 1 aromatic rings. The van der Waals surface area contributed by atoms with Crippen LogP contribution in [0.2, 0.25) is 0 Å². The predicted octanol–water partition coefficient (Wildman–Crippen LogP) is 1.37. The Bertz CT molecular complexity index is 294. The number of furan rings is 1. The van der Waals surface area contributed by atoms with Crippen LogP contribution in [-0.4, -0.2) is 23.4 Å². The molecule has 0 aliphatic carbocycles. The lowest BCUT2D eigenvalue weighted by molar-refractivity contribution is -0.133. The molecular formula is C11H18N2O2. The second kappa shape index (κ2) is 5.56. The minimum atomic E-state index is 0.0731. The highest BCUT2D eigenvalue weighted by Gasteiger charge is 2.17. The highest BCUT2D eigenvalue weighted by molar-refractivity contribution is 5.76. The molecule has 4 heteroatoms. The average molecular weight is 210 g/mol. The second-order valence-corrected chi connectivity index (χ2v) is 3.73. The maximum absolute atomic E-state index is 11.7. The van der Waals surface area contributed by atoms with Crippen LogP contribution >= 0.6 is 0 Å². The number of carbonyl (C=O) groups is 1. The van der Waals surface area contributed by atoms with Gasteiger partial charge in [0.15, 0.2) is 0 Å². The Morgan fingerprint density at radius 2 is 2.33 bits per heavy atom. The zero-order valence-corrected chi connectivity index (χ0v) is 9.27. The van der Waals surface area contributed by atoms with Crippen LogP contribution in [0.25, 0.3) is 0 Å². The lowest BCUT2D eigenvalue weighted by Crippen LogP contribution is -2.37. The van der Waals surface area contributed by atoms with Crippen molar-refractivity contribution in [3.05, 3.63) is 24.2 Å². The zero-order chi connectivity index (χ0) is 11.3. The number of nitrogens with two attached hydrogens (primary N) is 1. The predicted molar refractivity (Wildman–Crippen MR) is 58.1 cm³/mol. The van der Waals surface area contributed by atoms with Crippen molar-refractivity contribution < 1.29 is 9.21 Å². The van der Waals surface area contributed by atoms with Crippen molar-refractivity contribution in [1.82, 2.24) is 4.90 Å². The number of amides is 1. The fraction of sp³-hybridized carbons (Fsp3) is 0.545. The Balaban J connectivity index is 2.62. The number of nitrogens with zero attached hydrogens (tertiary/aromatic N) is 1. The SMILES string of the molecule is CC(C)N(Cc1ccco1)C(=O)CCN. The van der Waals surface area contributed by atoms with Gasteiger partial charge in [-0.1, -0.05) is 0 Å². The summed E-state index contributed by atoms with van der Waals surface area (Å²) in [5.41, 5.74) is 5.37. The molecule has 0 aliphatic heterocycles. The van der Waals surface area contributed by atoms with E-state index in [9.17, 15) is 4.79 Å². The summed E-state index contributed by atoms with van der Waals surface area (Å²) >= 11 is 0. The molecule has 0 saturated heterocycles. The van der Waals surface area contributed by atoms with E-state index in [1.807, 2.05) is 26.0 Å². The van der Waals surface area contributed by atoms with E-state index in [0.29, 0.717) is 19.5 Å². The largest absolute Gasteiger partial charge is 0.467 e. The van der Waals surface area contributed by atoms with Gasteiger partial charge in [0.2, 0.25) is 5.91 Å². The van der Waals surface area contributed by atoms with Crippen molar-refractivity contribution in [1.29, 1.82) is 0 Å². The minimum Gasteiger partial charge on any atom is -0.467 e. The summed E-state index contributed by atoms with van der Waals surface area (Å²) in [7, 11) is 0. The molecule has 0 spiro atoms. The van der Waals surface area contributed by atoms with Crippen molar-refractivity contribution in [3.8, 4) is 0 Å². The average Bonchev–Trinajstić information content (AvgIpc) is 2.66. The van der Waals surface area contributed by atoms with Crippen LogP contribution in [0.15, 0.2) is 22.8 Å². The Kier molecular flexibility index (Phi) is 4.37. The van der Waals surface area contributed by atoms with E-state index >= 15 is 0 Å². The molecule has 15 heavy (non-hydrogen) atoms. The summed E-state index contributed by atoms with van der Waals surface area (Å²) in [4.78, 5) is 13.5. The summed E-state index contributed by atoms with van der Waals surface area (Å²) in [6.07, 6.45) is 2.00. The van der Waals surface area contributed by atoms with E-state index in [1.54, 1.807) is 11.2 Å². The topological polar surface area (TPSA) is 59.5 Å². The van der Waals surface area contributed by atoms with E-state index in [4.69, 9.17) is 10.2 Å². The monoisotopic (exact) mass is 210 g/mol. The molecular weight excluding hydrogens is 192 g/mol. The molecule has 4 nitrogen and oxygen atoms in total. The van der Waals surface area contributed by atoms with Crippen molar-refractivity contribution in [3.63, 3.8) is 0 Å². The van der Waals surface area contributed by atoms with Crippen LogP contribution in [-0.2, 0) is 11.3 Å². The van der Waals surface area contributed by atoms with Crippen molar-refractivity contribution >= 4 is 5.91 Å². The molecule has 0 unspecified atom stereocenters. The zero-order valence-electron chi connectivity index (χ0n) is 9.27. The maximum atomic E-state index is 11.7. The third-order valence-electron chi connectivity index (χ3n) is 2.21. The normalized spacial score (nSPS) is 10.7. The van der Waals surface area contributed by atoms with Crippen LogP contribution in [0.4, 0.5) is 0 Å². The number of carbonyl (C=O) groups excluding carboxylic acids is 1. The van der Waals surface area contributed by atoms with E-state index < -0.39 is 0 Å². The highest BCUT2D eigenvalue weighted by atomic mass is 16.3. The van der Waals surface area contributed by atoms with Crippen molar-refractivity contribution in [2.75, 3.05) is 6.54 Å². The van der Waals surface area contributed by atoms with Gasteiger partial charge in [0.05, 0.1) is 12.8 Å². The molecule has 84 valence electrons. The van der Waals surface area contributed by atoms with Crippen LogP contribution in [0.5, 0.6) is 0 Å². The first-order chi connectivity index (χ1) is 7.15. The molecule has 1 rings (SSSR count). The number of hydrogen-bond acceptors (Lipinski definition) is 3. The Morgan fingerprint density at radius 3 is 2.80 bits per heavy atom.